The van der Waals surface area contributed by atoms with Gasteiger partial charge in [-0.15, -0.1) is 0 Å². The van der Waals surface area contributed by atoms with E-state index in [0.717, 1.165) is 135 Å². The summed E-state index contributed by atoms with van der Waals surface area (Å²) >= 11 is 0. The molecule has 0 bridgehead atoms. The maximum absolute atomic E-state index is 12.8. The molecule has 0 spiro atoms. The van der Waals surface area contributed by atoms with Crippen molar-refractivity contribution >= 4 is 17.9 Å². The molecule has 1 unspecified atom stereocenters. The number of esters is 3. The number of ether oxygens (including phenoxy) is 3. The van der Waals surface area contributed by atoms with E-state index in [2.05, 4.69) is 130 Å². The standard InChI is InChI=1S/C66H110O6/c1-4-7-10-13-16-19-21-23-25-27-28-29-30-31-32-33-34-35-36-37-38-39-41-42-44-47-50-53-56-59-65(68)71-62-63(61-70-64(67)58-55-52-49-46-18-15-12-9-6-3)72-66(69)60-57-54-51-48-45-43-40-26-24-22-20-17-14-11-8-5-2/h7,10,16,19,23,25-26,28-29,31-32,34-35,37-38,40-42,63H,4-6,8-9,11-15,17-18,20-22,24,27,30,33,36,39,43-62H2,1-3H3/b10-7-,19-16-,25-23-,29-28-,32-31-,35-34-,38-37-,40-26-,42-41-. The van der Waals surface area contributed by atoms with Crippen molar-refractivity contribution in [3.8, 4) is 0 Å². The van der Waals surface area contributed by atoms with Gasteiger partial charge in [-0.25, -0.2) is 0 Å². The van der Waals surface area contributed by atoms with Gasteiger partial charge in [0.15, 0.2) is 6.10 Å². The van der Waals surface area contributed by atoms with Crippen molar-refractivity contribution in [1.82, 2.24) is 0 Å². The first-order valence-corrected chi connectivity index (χ1v) is 29.9. The Hall–Kier alpha value is -3.93. The fourth-order valence-electron chi connectivity index (χ4n) is 8.04. The molecule has 0 amide bonds. The first kappa shape index (κ1) is 68.1. The number of hydrogen-bond acceptors (Lipinski definition) is 6. The molecular weight excluding hydrogens is 889 g/mol. The van der Waals surface area contributed by atoms with Gasteiger partial charge in [0.05, 0.1) is 0 Å². The van der Waals surface area contributed by atoms with Crippen molar-refractivity contribution in [2.75, 3.05) is 13.2 Å². The fraction of sp³-hybridized carbons (Fsp3) is 0.682. The highest BCUT2D eigenvalue weighted by Gasteiger charge is 2.19. The lowest BCUT2D eigenvalue weighted by atomic mass is 10.1. The van der Waals surface area contributed by atoms with Crippen molar-refractivity contribution in [2.24, 2.45) is 0 Å². The summed E-state index contributed by atoms with van der Waals surface area (Å²) in [5, 5.41) is 0. The maximum Gasteiger partial charge on any atom is 0.306 e. The summed E-state index contributed by atoms with van der Waals surface area (Å²) in [6, 6.07) is 0. The molecule has 0 heterocycles. The van der Waals surface area contributed by atoms with Gasteiger partial charge in [-0.05, 0) is 109 Å². The Labute approximate surface area is 444 Å². The van der Waals surface area contributed by atoms with E-state index in [4.69, 9.17) is 14.2 Å². The Morgan fingerprint density at radius 1 is 0.292 bits per heavy atom. The summed E-state index contributed by atoms with van der Waals surface area (Å²) in [5.74, 6) is -0.924. The summed E-state index contributed by atoms with van der Waals surface area (Å²) in [4.78, 5) is 38.1. The third-order valence-corrected chi connectivity index (χ3v) is 12.5. The van der Waals surface area contributed by atoms with Crippen molar-refractivity contribution < 1.29 is 28.6 Å². The van der Waals surface area contributed by atoms with Gasteiger partial charge in [0.25, 0.3) is 0 Å². The number of unbranched alkanes of at least 4 members (excludes halogenated alkanes) is 24. The zero-order chi connectivity index (χ0) is 52.2. The van der Waals surface area contributed by atoms with Crippen LogP contribution in [0.15, 0.2) is 109 Å². The summed E-state index contributed by atoms with van der Waals surface area (Å²) in [7, 11) is 0. The molecule has 0 aliphatic rings. The minimum atomic E-state index is -0.792. The molecule has 0 aliphatic heterocycles. The molecule has 1 atom stereocenters. The molecular formula is C66H110O6. The quantitative estimate of drug-likeness (QED) is 0.0261. The third kappa shape index (κ3) is 57.0. The van der Waals surface area contributed by atoms with E-state index in [1.54, 1.807) is 0 Å². The molecule has 0 radical (unpaired) electrons. The predicted molar refractivity (Wildman–Crippen MR) is 311 cm³/mol. The van der Waals surface area contributed by atoms with Crippen LogP contribution in [0.4, 0.5) is 0 Å². The van der Waals surface area contributed by atoms with Crippen LogP contribution in [-0.2, 0) is 28.6 Å². The van der Waals surface area contributed by atoms with Crippen LogP contribution < -0.4 is 0 Å². The van der Waals surface area contributed by atoms with Gasteiger partial charge in [-0.1, -0.05) is 252 Å². The third-order valence-electron chi connectivity index (χ3n) is 12.5. The summed E-state index contributed by atoms with van der Waals surface area (Å²) in [6.07, 6.45) is 80.9. The Kier molecular flexibility index (Phi) is 56.4. The molecule has 72 heavy (non-hydrogen) atoms. The number of carbonyl (C=O) groups excluding carboxylic acids is 3. The van der Waals surface area contributed by atoms with Crippen molar-refractivity contribution in [1.29, 1.82) is 0 Å². The van der Waals surface area contributed by atoms with E-state index in [0.29, 0.717) is 19.3 Å². The molecule has 410 valence electrons. The second-order valence-corrected chi connectivity index (χ2v) is 19.5. The van der Waals surface area contributed by atoms with Gasteiger partial charge in [0.1, 0.15) is 13.2 Å². The summed E-state index contributed by atoms with van der Waals surface area (Å²) in [5.41, 5.74) is 0. The molecule has 0 saturated heterocycles. The minimum absolute atomic E-state index is 0.0887. The van der Waals surface area contributed by atoms with Crippen LogP contribution in [0.3, 0.4) is 0 Å². The van der Waals surface area contributed by atoms with Crippen molar-refractivity contribution in [3.63, 3.8) is 0 Å². The lowest BCUT2D eigenvalue weighted by Crippen LogP contribution is -2.30. The number of rotatable bonds is 53. The van der Waals surface area contributed by atoms with E-state index < -0.39 is 6.10 Å². The van der Waals surface area contributed by atoms with Crippen molar-refractivity contribution in [3.05, 3.63) is 109 Å². The monoisotopic (exact) mass is 999 g/mol. The van der Waals surface area contributed by atoms with Gasteiger partial charge >= 0.3 is 17.9 Å². The molecule has 6 heteroatoms. The largest absolute Gasteiger partial charge is 0.462 e. The lowest BCUT2D eigenvalue weighted by molar-refractivity contribution is -0.167. The first-order chi connectivity index (χ1) is 35.5. The normalized spacial score (nSPS) is 12.9. The highest BCUT2D eigenvalue weighted by molar-refractivity contribution is 5.71. The van der Waals surface area contributed by atoms with E-state index in [1.165, 1.54) is 96.3 Å². The Bertz CT molecular complexity index is 1470. The van der Waals surface area contributed by atoms with Crippen LogP contribution in [0, 0.1) is 0 Å². The predicted octanol–water partition coefficient (Wildman–Crippen LogP) is 20.3. The molecule has 0 aromatic rings. The van der Waals surface area contributed by atoms with Crippen LogP contribution in [0.5, 0.6) is 0 Å². The van der Waals surface area contributed by atoms with Gasteiger partial charge in [0, 0.05) is 19.3 Å². The van der Waals surface area contributed by atoms with Crippen LogP contribution in [0.25, 0.3) is 0 Å². The van der Waals surface area contributed by atoms with Gasteiger partial charge in [0.2, 0.25) is 0 Å². The first-order valence-electron chi connectivity index (χ1n) is 29.9. The molecule has 0 fully saturated rings. The summed E-state index contributed by atoms with van der Waals surface area (Å²) < 4.78 is 16.8. The molecule has 0 aromatic heterocycles. The average Bonchev–Trinajstić information content (AvgIpc) is 3.38. The van der Waals surface area contributed by atoms with Gasteiger partial charge in [-0.2, -0.15) is 0 Å². The minimum Gasteiger partial charge on any atom is -0.462 e. The van der Waals surface area contributed by atoms with Crippen LogP contribution in [-0.4, -0.2) is 37.2 Å². The molecule has 0 N–H and O–H groups in total. The SMILES string of the molecule is CC/C=C\C/C=C\C/C=C\C/C=C\C/C=C\C/C=C\C/C=C\C/C=C\CCCCCCC(=O)OCC(COC(=O)CCCCCCCCCCC)OC(=O)CCCCCCC/C=C\CCCCCCCCC. The summed E-state index contributed by atoms with van der Waals surface area (Å²) in [6.45, 7) is 6.48. The fourth-order valence-corrected chi connectivity index (χ4v) is 8.04. The molecule has 0 rings (SSSR count). The van der Waals surface area contributed by atoms with Crippen LogP contribution >= 0.6 is 0 Å². The second-order valence-electron chi connectivity index (χ2n) is 19.5. The maximum atomic E-state index is 12.8. The zero-order valence-corrected chi connectivity index (χ0v) is 46.9. The Morgan fingerprint density at radius 2 is 0.542 bits per heavy atom. The smallest absolute Gasteiger partial charge is 0.306 e. The van der Waals surface area contributed by atoms with Gasteiger partial charge in [-0.3, -0.25) is 14.4 Å². The van der Waals surface area contributed by atoms with E-state index >= 15 is 0 Å². The van der Waals surface area contributed by atoms with Crippen LogP contribution in [0.2, 0.25) is 0 Å². The Morgan fingerprint density at radius 3 is 0.861 bits per heavy atom. The lowest BCUT2D eigenvalue weighted by Gasteiger charge is -2.18. The van der Waals surface area contributed by atoms with E-state index in [9.17, 15) is 14.4 Å². The molecule has 0 saturated carbocycles. The zero-order valence-electron chi connectivity index (χ0n) is 46.9. The topological polar surface area (TPSA) is 78.9 Å². The van der Waals surface area contributed by atoms with E-state index in [1.807, 2.05) is 0 Å². The number of carbonyl (C=O) groups is 3. The number of allylic oxidation sites excluding steroid dienone is 18. The average molecular weight is 1000 g/mol. The highest BCUT2D eigenvalue weighted by atomic mass is 16.6. The number of hydrogen-bond donors (Lipinski definition) is 0. The Balaban J connectivity index is 4.31. The molecule has 0 aromatic carbocycles. The molecule has 0 aliphatic carbocycles. The highest BCUT2D eigenvalue weighted by Crippen LogP contribution is 2.14. The second kappa shape index (κ2) is 59.6. The van der Waals surface area contributed by atoms with Gasteiger partial charge < -0.3 is 14.2 Å². The van der Waals surface area contributed by atoms with E-state index in [-0.39, 0.29) is 31.1 Å². The van der Waals surface area contributed by atoms with Crippen molar-refractivity contribution in [2.45, 2.75) is 277 Å². The van der Waals surface area contributed by atoms with Crippen LogP contribution in [0.1, 0.15) is 271 Å². The molecule has 6 nitrogen and oxygen atoms in total.